The van der Waals surface area contributed by atoms with Crippen molar-refractivity contribution in [1.82, 2.24) is 4.90 Å². The van der Waals surface area contributed by atoms with E-state index < -0.39 is 20.2 Å². The normalized spacial score (nSPS) is 38.0. The van der Waals surface area contributed by atoms with Gasteiger partial charge in [-0.3, -0.25) is 0 Å². The van der Waals surface area contributed by atoms with Crippen LogP contribution in [0, 0.1) is 10.8 Å². The van der Waals surface area contributed by atoms with Crippen LogP contribution in [0.15, 0.2) is 11.6 Å². The van der Waals surface area contributed by atoms with Crippen LogP contribution in [0.4, 0.5) is 0 Å². The molecule has 2 saturated heterocycles. The van der Waals surface area contributed by atoms with Crippen LogP contribution >= 0.6 is 20.2 Å². The molecule has 146 valence electrons. The zero-order valence-corrected chi connectivity index (χ0v) is 19.1. The second-order valence-corrected chi connectivity index (χ2v) is 15.0. The van der Waals surface area contributed by atoms with Crippen molar-refractivity contribution in [2.45, 2.75) is 93.3 Å². The summed E-state index contributed by atoms with van der Waals surface area (Å²) in [4.78, 5) is 2.66. The van der Waals surface area contributed by atoms with Crippen LogP contribution < -0.4 is 0 Å². The Morgan fingerprint density at radius 1 is 1.16 bits per heavy atom. The van der Waals surface area contributed by atoms with Crippen LogP contribution in [0.25, 0.3) is 0 Å². The summed E-state index contributed by atoms with van der Waals surface area (Å²) in [6.07, 6.45) is 14.3. The number of rotatable bonds is 4. The van der Waals surface area contributed by atoms with Gasteiger partial charge in [-0.15, -0.1) is 0 Å². The Kier molecular flexibility index (Phi) is 6.59. The van der Waals surface area contributed by atoms with Crippen molar-refractivity contribution in [1.29, 1.82) is 0 Å². The molecule has 3 rings (SSSR count). The summed E-state index contributed by atoms with van der Waals surface area (Å²) >= 11 is -1.92. The van der Waals surface area contributed by atoms with Gasteiger partial charge in [-0.2, -0.15) is 0 Å². The van der Waals surface area contributed by atoms with Gasteiger partial charge >= 0.3 is 164 Å². The second-order valence-electron chi connectivity index (χ2n) is 9.54. The van der Waals surface area contributed by atoms with Gasteiger partial charge in [0, 0.05) is 0 Å². The molecule has 0 aromatic heterocycles. The third-order valence-corrected chi connectivity index (χ3v) is 13.4. The zero-order valence-electron chi connectivity index (χ0n) is 17.0. The molecular formula is C22H40INO. The molecule has 3 aliphatic rings. The van der Waals surface area contributed by atoms with Gasteiger partial charge in [0.2, 0.25) is 0 Å². The molecule has 3 unspecified atom stereocenters. The first-order valence-corrected chi connectivity index (χ1v) is 14.1. The molecule has 2 heterocycles. The fourth-order valence-corrected chi connectivity index (χ4v) is 10.6. The number of halogens is 1. The molecule has 0 aromatic carbocycles. The Labute approximate surface area is 163 Å². The first kappa shape index (κ1) is 20.1. The SMILES string of the molecule is CC1CCC2(C)CCC=C(C(CCCN3CCCCC3)I1O)C2(C)C. The van der Waals surface area contributed by atoms with Gasteiger partial charge in [0.05, 0.1) is 0 Å². The molecule has 0 spiro atoms. The molecule has 1 N–H and O–H groups in total. The maximum atomic E-state index is 11.3. The van der Waals surface area contributed by atoms with Crippen molar-refractivity contribution in [3.8, 4) is 0 Å². The number of alkyl halides is 2. The van der Waals surface area contributed by atoms with Crippen molar-refractivity contribution in [2.24, 2.45) is 10.8 Å². The van der Waals surface area contributed by atoms with Crippen LogP contribution in [0.2, 0.25) is 0 Å². The first-order valence-electron chi connectivity index (χ1n) is 10.6. The molecule has 1 aliphatic carbocycles. The van der Waals surface area contributed by atoms with Crippen LogP contribution in [0.1, 0.15) is 85.5 Å². The van der Waals surface area contributed by atoms with Crippen LogP contribution in [-0.4, -0.2) is 35.8 Å². The van der Waals surface area contributed by atoms with E-state index in [4.69, 9.17) is 0 Å². The Hall–Kier alpha value is 0.390. The molecule has 0 aromatic rings. The third kappa shape index (κ3) is 4.13. The predicted molar refractivity (Wildman–Crippen MR) is 117 cm³/mol. The summed E-state index contributed by atoms with van der Waals surface area (Å²) < 4.78 is 12.4. The fraction of sp³-hybridized carbons (Fsp3) is 0.909. The van der Waals surface area contributed by atoms with E-state index in [0.717, 1.165) is 0 Å². The van der Waals surface area contributed by atoms with E-state index in [1.807, 2.05) is 0 Å². The van der Waals surface area contributed by atoms with E-state index in [0.29, 0.717) is 13.3 Å². The van der Waals surface area contributed by atoms with Gasteiger partial charge < -0.3 is 0 Å². The molecule has 3 atom stereocenters. The van der Waals surface area contributed by atoms with Crippen molar-refractivity contribution in [3.63, 3.8) is 0 Å². The van der Waals surface area contributed by atoms with E-state index in [-0.39, 0.29) is 5.41 Å². The van der Waals surface area contributed by atoms with E-state index in [1.54, 1.807) is 5.57 Å². The minimum atomic E-state index is -1.92. The number of likely N-dealkylation sites (tertiary alicyclic amines) is 1. The Balaban J connectivity index is 1.73. The van der Waals surface area contributed by atoms with Crippen molar-refractivity contribution in [2.75, 3.05) is 19.6 Å². The molecule has 25 heavy (non-hydrogen) atoms. The molecule has 2 bridgehead atoms. The molecule has 0 radical (unpaired) electrons. The van der Waals surface area contributed by atoms with Crippen molar-refractivity contribution >= 4 is 20.2 Å². The summed E-state index contributed by atoms with van der Waals surface area (Å²) in [5.41, 5.74) is 2.34. The summed E-state index contributed by atoms with van der Waals surface area (Å²) in [5, 5.41) is 0. The quantitative estimate of drug-likeness (QED) is 0.317. The van der Waals surface area contributed by atoms with Gasteiger partial charge in [-0.05, 0) is 0 Å². The Morgan fingerprint density at radius 2 is 1.88 bits per heavy atom. The number of hydrogen-bond acceptors (Lipinski definition) is 2. The number of piperidine rings is 1. The number of hydrogen-bond donors (Lipinski definition) is 1. The summed E-state index contributed by atoms with van der Waals surface area (Å²) in [7, 11) is 0. The van der Waals surface area contributed by atoms with Crippen molar-refractivity contribution in [3.05, 3.63) is 11.6 Å². The van der Waals surface area contributed by atoms with Gasteiger partial charge in [-0.25, -0.2) is 0 Å². The third-order valence-electron chi connectivity index (χ3n) is 7.75. The molecule has 2 aliphatic heterocycles. The van der Waals surface area contributed by atoms with E-state index in [9.17, 15) is 3.44 Å². The van der Waals surface area contributed by atoms with Crippen LogP contribution in [-0.2, 0) is 0 Å². The fourth-order valence-electron chi connectivity index (χ4n) is 5.37. The van der Waals surface area contributed by atoms with Gasteiger partial charge in [0.1, 0.15) is 0 Å². The molecule has 0 amide bonds. The van der Waals surface area contributed by atoms with E-state index in [2.05, 4.69) is 38.7 Å². The van der Waals surface area contributed by atoms with E-state index >= 15 is 0 Å². The second kappa shape index (κ2) is 8.18. The zero-order chi connectivity index (χ0) is 18.1. The van der Waals surface area contributed by atoms with Gasteiger partial charge in [-0.1, -0.05) is 0 Å². The first-order chi connectivity index (χ1) is 11.8. The summed E-state index contributed by atoms with van der Waals surface area (Å²) in [6.45, 7) is 13.7. The predicted octanol–water partition coefficient (Wildman–Crippen LogP) is 5.97. The number of nitrogens with zero attached hydrogens (tertiary/aromatic N) is 1. The van der Waals surface area contributed by atoms with E-state index in [1.165, 1.54) is 77.4 Å². The number of fused-ring (bicyclic) bond motifs is 2. The Bertz CT molecular complexity index is 482. The van der Waals surface area contributed by atoms with Crippen LogP contribution in [0.5, 0.6) is 0 Å². The van der Waals surface area contributed by atoms with Crippen molar-refractivity contribution < 1.29 is 3.44 Å². The molecule has 2 fully saturated rings. The van der Waals surface area contributed by atoms with Crippen LogP contribution in [0.3, 0.4) is 0 Å². The average Bonchev–Trinajstić information content (AvgIpc) is 2.60. The average molecular weight is 461 g/mol. The summed E-state index contributed by atoms with van der Waals surface area (Å²) in [5.74, 6) is 0. The number of allylic oxidation sites excluding steroid dienone is 2. The summed E-state index contributed by atoms with van der Waals surface area (Å²) in [6, 6.07) is 0. The monoisotopic (exact) mass is 461 g/mol. The molecule has 0 saturated carbocycles. The maximum absolute atomic E-state index is 11.3. The Morgan fingerprint density at radius 3 is 2.60 bits per heavy atom. The molecule has 2 nitrogen and oxygen atoms in total. The van der Waals surface area contributed by atoms with Gasteiger partial charge in [0.25, 0.3) is 0 Å². The van der Waals surface area contributed by atoms with Gasteiger partial charge in [0.15, 0.2) is 0 Å². The standard InChI is InChI=1S/C22H40INO/c1-18-12-14-22(4)13-8-10-19(21(22,2)3)20(23(18)25)11-9-17-24-15-6-5-7-16-24/h10,18,20,25H,5-9,11-17H2,1-4H3. The minimum absolute atomic E-state index is 0.264. The molecular weight excluding hydrogens is 421 g/mol. The molecule has 3 heteroatoms. The topological polar surface area (TPSA) is 23.5 Å².